The summed E-state index contributed by atoms with van der Waals surface area (Å²) in [7, 11) is 0. The molecule has 25 heavy (non-hydrogen) atoms. The SMILES string of the molecule is CCc1ccc(-n2nnc(C(=O)OCc3cccc(Cl)c3)c2C)cc1. The number of benzene rings is 2. The second-order valence-electron chi connectivity index (χ2n) is 5.66. The summed E-state index contributed by atoms with van der Waals surface area (Å²) >= 11 is 5.93. The highest BCUT2D eigenvalue weighted by Crippen LogP contribution is 2.16. The fourth-order valence-electron chi connectivity index (χ4n) is 2.48. The Balaban J connectivity index is 1.74. The predicted molar refractivity (Wildman–Crippen MR) is 96.0 cm³/mol. The topological polar surface area (TPSA) is 57.0 Å². The van der Waals surface area contributed by atoms with Gasteiger partial charge in [-0.05, 0) is 48.7 Å². The quantitative estimate of drug-likeness (QED) is 0.645. The van der Waals surface area contributed by atoms with E-state index in [1.165, 1.54) is 5.56 Å². The van der Waals surface area contributed by atoms with Crippen LogP contribution in [0.4, 0.5) is 0 Å². The minimum absolute atomic E-state index is 0.136. The maximum atomic E-state index is 12.3. The molecule has 5 nitrogen and oxygen atoms in total. The van der Waals surface area contributed by atoms with E-state index in [2.05, 4.69) is 17.2 Å². The Morgan fingerprint density at radius 2 is 1.92 bits per heavy atom. The molecule has 6 heteroatoms. The first-order valence-electron chi connectivity index (χ1n) is 8.01. The Hall–Kier alpha value is -2.66. The van der Waals surface area contributed by atoms with Crippen molar-refractivity contribution in [3.8, 4) is 5.69 Å². The molecule has 0 fully saturated rings. The molecular formula is C19H18ClN3O2. The fraction of sp³-hybridized carbons (Fsp3) is 0.211. The molecule has 0 aliphatic heterocycles. The van der Waals surface area contributed by atoms with Gasteiger partial charge in [-0.2, -0.15) is 0 Å². The Kier molecular flexibility index (Phi) is 5.14. The number of halogens is 1. The summed E-state index contributed by atoms with van der Waals surface area (Å²) in [4.78, 5) is 12.3. The molecule has 2 aromatic carbocycles. The fourth-order valence-corrected chi connectivity index (χ4v) is 2.69. The number of carbonyl (C=O) groups excluding carboxylic acids is 1. The van der Waals surface area contributed by atoms with Crippen molar-refractivity contribution in [2.24, 2.45) is 0 Å². The maximum absolute atomic E-state index is 12.3. The highest BCUT2D eigenvalue weighted by molar-refractivity contribution is 6.30. The van der Waals surface area contributed by atoms with Crippen LogP contribution in [0, 0.1) is 6.92 Å². The van der Waals surface area contributed by atoms with Crippen molar-refractivity contribution in [2.75, 3.05) is 0 Å². The lowest BCUT2D eigenvalue weighted by atomic mass is 10.1. The average molecular weight is 356 g/mol. The minimum atomic E-state index is -0.506. The van der Waals surface area contributed by atoms with Gasteiger partial charge in [0, 0.05) is 5.02 Å². The molecule has 0 spiro atoms. The van der Waals surface area contributed by atoms with E-state index in [0.717, 1.165) is 17.7 Å². The minimum Gasteiger partial charge on any atom is -0.456 e. The van der Waals surface area contributed by atoms with Crippen molar-refractivity contribution in [1.29, 1.82) is 0 Å². The highest BCUT2D eigenvalue weighted by Gasteiger charge is 2.18. The number of ether oxygens (including phenoxy) is 1. The first-order valence-corrected chi connectivity index (χ1v) is 8.39. The maximum Gasteiger partial charge on any atom is 0.361 e. The zero-order valence-corrected chi connectivity index (χ0v) is 14.8. The first-order chi connectivity index (χ1) is 12.1. The Bertz CT molecular complexity index is 888. The smallest absolute Gasteiger partial charge is 0.361 e. The second-order valence-corrected chi connectivity index (χ2v) is 6.10. The van der Waals surface area contributed by atoms with Gasteiger partial charge >= 0.3 is 5.97 Å². The molecule has 3 rings (SSSR count). The molecule has 0 amide bonds. The van der Waals surface area contributed by atoms with Crippen LogP contribution in [-0.2, 0) is 17.8 Å². The van der Waals surface area contributed by atoms with Crippen LogP contribution in [0.25, 0.3) is 5.69 Å². The van der Waals surface area contributed by atoms with E-state index in [-0.39, 0.29) is 12.3 Å². The molecule has 0 atom stereocenters. The molecule has 0 bridgehead atoms. The van der Waals surface area contributed by atoms with Crippen molar-refractivity contribution < 1.29 is 9.53 Å². The van der Waals surface area contributed by atoms with Gasteiger partial charge in [0.25, 0.3) is 0 Å². The molecule has 1 heterocycles. The number of carbonyl (C=O) groups is 1. The van der Waals surface area contributed by atoms with E-state index < -0.39 is 5.97 Å². The number of nitrogens with zero attached hydrogens (tertiary/aromatic N) is 3. The summed E-state index contributed by atoms with van der Waals surface area (Å²) in [6.45, 7) is 4.03. The number of hydrogen-bond donors (Lipinski definition) is 0. The second kappa shape index (κ2) is 7.49. The third-order valence-electron chi connectivity index (χ3n) is 3.94. The standard InChI is InChI=1S/C19H18ClN3O2/c1-3-14-7-9-17(10-8-14)23-13(2)18(21-22-23)19(24)25-12-15-5-4-6-16(20)11-15/h4-11H,3,12H2,1-2H3. The molecule has 0 aliphatic carbocycles. The van der Waals surface area contributed by atoms with Crippen LogP contribution >= 0.6 is 11.6 Å². The van der Waals surface area contributed by atoms with E-state index in [9.17, 15) is 4.79 Å². The Labute approximate surface area is 151 Å². The van der Waals surface area contributed by atoms with Gasteiger partial charge in [-0.1, -0.05) is 48.0 Å². The van der Waals surface area contributed by atoms with Gasteiger partial charge in [0.05, 0.1) is 11.4 Å². The van der Waals surface area contributed by atoms with Crippen LogP contribution in [0.1, 0.15) is 34.2 Å². The summed E-state index contributed by atoms with van der Waals surface area (Å²) in [5.41, 5.74) is 3.77. The third kappa shape index (κ3) is 3.88. The van der Waals surface area contributed by atoms with Crippen molar-refractivity contribution >= 4 is 17.6 Å². The molecule has 0 radical (unpaired) electrons. The molecule has 1 aromatic heterocycles. The van der Waals surface area contributed by atoms with Crippen LogP contribution in [0.15, 0.2) is 48.5 Å². The van der Waals surface area contributed by atoms with Crippen LogP contribution in [-0.4, -0.2) is 21.0 Å². The molecule has 0 aliphatic rings. The highest BCUT2D eigenvalue weighted by atomic mass is 35.5. The van der Waals surface area contributed by atoms with Crippen molar-refractivity contribution in [2.45, 2.75) is 26.9 Å². The number of rotatable bonds is 5. The van der Waals surface area contributed by atoms with Crippen LogP contribution in [0.2, 0.25) is 5.02 Å². The van der Waals surface area contributed by atoms with Crippen molar-refractivity contribution in [3.63, 3.8) is 0 Å². The van der Waals surface area contributed by atoms with Crippen molar-refractivity contribution in [1.82, 2.24) is 15.0 Å². The lowest BCUT2D eigenvalue weighted by Crippen LogP contribution is -2.08. The lowest BCUT2D eigenvalue weighted by Gasteiger charge is -2.06. The molecule has 0 saturated heterocycles. The predicted octanol–water partition coefficient (Wildman–Crippen LogP) is 4.15. The Morgan fingerprint density at radius 3 is 2.60 bits per heavy atom. The van der Waals surface area contributed by atoms with Crippen LogP contribution in [0.3, 0.4) is 0 Å². The normalized spacial score (nSPS) is 10.7. The number of hydrogen-bond acceptors (Lipinski definition) is 4. The molecular weight excluding hydrogens is 338 g/mol. The summed E-state index contributed by atoms with van der Waals surface area (Å²) in [6.07, 6.45) is 0.970. The molecule has 3 aromatic rings. The van der Waals surface area contributed by atoms with Gasteiger partial charge in [0.15, 0.2) is 5.69 Å². The van der Waals surface area contributed by atoms with Crippen LogP contribution in [0.5, 0.6) is 0 Å². The van der Waals surface area contributed by atoms with E-state index in [0.29, 0.717) is 10.7 Å². The van der Waals surface area contributed by atoms with Crippen molar-refractivity contribution in [3.05, 3.63) is 76.1 Å². The Morgan fingerprint density at radius 1 is 1.16 bits per heavy atom. The molecule has 0 saturated carbocycles. The summed E-state index contributed by atoms with van der Waals surface area (Å²) < 4.78 is 6.96. The summed E-state index contributed by atoms with van der Waals surface area (Å²) in [5, 5.41) is 8.66. The third-order valence-corrected chi connectivity index (χ3v) is 4.17. The monoisotopic (exact) mass is 355 g/mol. The van der Waals surface area contributed by atoms with Gasteiger partial charge in [-0.15, -0.1) is 5.10 Å². The van der Waals surface area contributed by atoms with Crippen LogP contribution < -0.4 is 0 Å². The van der Waals surface area contributed by atoms with Gasteiger partial charge in [-0.25, -0.2) is 9.48 Å². The zero-order chi connectivity index (χ0) is 17.8. The number of aryl methyl sites for hydroxylation is 1. The largest absolute Gasteiger partial charge is 0.456 e. The van der Waals surface area contributed by atoms with Gasteiger partial charge in [-0.3, -0.25) is 0 Å². The van der Waals surface area contributed by atoms with Gasteiger partial charge in [0.1, 0.15) is 6.61 Å². The van der Waals surface area contributed by atoms with E-state index in [1.54, 1.807) is 23.7 Å². The first kappa shape index (κ1) is 17.2. The zero-order valence-electron chi connectivity index (χ0n) is 14.1. The lowest BCUT2D eigenvalue weighted by molar-refractivity contribution is 0.0464. The van der Waals surface area contributed by atoms with E-state index in [4.69, 9.17) is 16.3 Å². The average Bonchev–Trinajstić information content (AvgIpc) is 3.01. The number of aromatic nitrogens is 3. The number of esters is 1. The van der Waals surface area contributed by atoms with E-state index in [1.807, 2.05) is 36.4 Å². The van der Waals surface area contributed by atoms with Gasteiger partial charge in [0.2, 0.25) is 0 Å². The molecule has 0 unspecified atom stereocenters. The van der Waals surface area contributed by atoms with Gasteiger partial charge < -0.3 is 4.74 Å². The molecule has 0 N–H and O–H groups in total. The summed E-state index contributed by atoms with van der Waals surface area (Å²) in [6, 6.07) is 15.2. The molecule has 128 valence electrons. The van der Waals surface area contributed by atoms with E-state index >= 15 is 0 Å². The summed E-state index contributed by atoms with van der Waals surface area (Å²) in [5.74, 6) is -0.506.